The number of ether oxygens (including phenoxy) is 1. The third-order valence-corrected chi connectivity index (χ3v) is 3.02. The molecule has 1 rings (SSSR count). The van der Waals surface area contributed by atoms with Crippen molar-refractivity contribution >= 4 is 0 Å². The highest BCUT2D eigenvalue weighted by atomic mass is 16.5. The van der Waals surface area contributed by atoms with E-state index in [9.17, 15) is 0 Å². The lowest BCUT2D eigenvalue weighted by Crippen LogP contribution is -2.27. The molecule has 1 aromatic rings. The highest BCUT2D eigenvalue weighted by molar-refractivity contribution is 5.27. The lowest BCUT2D eigenvalue weighted by molar-refractivity contribution is 0.352. The van der Waals surface area contributed by atoms with Crippen molar-refractivity contribution < 1.29 is 4.74 Å². The van der Waals surface area contributed by atoms with Crippen molar-refractivity contribution in [3.63, 3.8) is 0 Å². The molecule has 2 nitrogen and oxygen atoms in total. The second kappa shape index (κ2) is 8.76. The molecule has 1 N–H and O–H groups in total. The Bertz CT molecular complexity index is 369. The van der Waals surface area contributed by atoms with E-state index in [1.54, 1.807) is 0 Å². The molecule has 0 aliphatic heterocycles. The van der Waals surface area contributed by atoms with Crippen LogP contribution >= 0.6 is 0 Å². The summed E-state index contributed by atoms with van der Waals surface area (Å²) in [4.78, 5) is 0. The van der Waals surface area contributed by atoms with Crippen LogP contribution in [0.5, 0.6) is 5.75 Å². The fourth-order valence-electron chi connectivity index (χ4n) is 1.83. The molecular weight excluding hydrogens is 234 g/mol. The van der Waals surface area contributed by atoms with Gasteiger partial charge >= 0.3 is 0 Å². The molecule has 1 unspecified atom stereocenters. The van der Waals surface area contributed by atoms with Gasteiger partial charge in [0.15, 0.2) is 0 Å². The summed E-state index contributed by atoms with van der Waals surface area (Å²) in [5.74, 6) is 0.920. The molecule has 0 fully saturated rings. The first-order valence-corrected chi connectivity index (χ1v) is 7.21. The highest BCUT2D eigenvalue weighted by Crippen LogP contribution is 2.14. The highest BCUT2D eigenvalue weighted by Gasteiger charge is 2.02. The third-order valence-electron chi connectivity index (χ3n) is 3.02. The van der Waals surface area contributed by atoms with E-state index >= 15 is 0 Å². The summed E-state index contributed by atoms with van der Waals surface area (Å²) in [6.07, 6.45) is 3.48. The van der Waals surface area contributed by atoms with E-state index in [2.05, 4.69) is 37.9 Å². The first kappa shape index (κ1) is 15.8. The standard InChI is InChI=1S/C17H27NO/c1-5-12-18-15(4)6-7-16-8-10-17(11-9-16)19-13-14(2)3/h8-11,15,18H,2,5-7,12-13H2,1,3-4H3. The van der Waals surface area contributed by atoms with Gasteiger partial charge in [-0.15, -0.1) is 0 Å². The maximum Gasteiger partial charge on any atom is 0.119 e. The minimum atomic E-state index is 0.583. The number of aryl methyl sites for hydroxylation is 1. The maximum atomic E-state index is 5.59. The Balaban J connectivity index is 2.33. The van der Waals surface area contributed by atoms with E-state index < -0.39 is 0 Å². The molecule has 2 heteroatoms. The largest absolute Gasteiger partial charge is 0.489 e. The van der Waals surface area contributed by atoms with Gasteiger partial charge in [0.05, 0.1) is 0 Å². The van der Waals surface area contributed by atoms with E-state index in [0.29, 0.717) is 12.6 Å². The summed E-state index contributed by atoms with van der Waals surface area (Å²) in [5.41, 5.74) is 2.41. The number of nitrogens with one attached hydrogen (secondary N) is 1. The second-order valence-corrected chi connectivity index (χ2v) is 5.28. The van der Waals surface area contributed by atoms with Crippen LogP contribution in [-0.4, -0.2) is 19.2 Å². The third kappa shape index (κ3) is 7.02. The monoisotopic (exact) mass is 261 g/mol. The van der Waals surface area contributed by atoms with Crippen molar-refractivity contribution in [2.24, 2.45) is 0 Å². The van der Waals surface area contributed by atoms with Crippen LogP contribution in [0.25, 0.3) is 0 Å². The van der Waals surface area contributed by atoms with Gasteiger partial charge in [-0.1, -0.05) is 25.6 Å². The van der Waals surface area contributed by atoms with Crippen molar-refractivity contribution in [1.29, 1.82) is 0 Å². The van der Waals surface area contributed by atoms with Crippen molar-refractivity contribution in [2.75, 3.05) is 13.2 Å². The van der Waals surface area contributed by atoms with Crippen molar-refractivity contribution in [2.45, 2.75) is 46.1 Å². The minimum Gasteiger partial charge on any atom is -0.489 e. The number of benzene rings is 1. The van der Waals surface area contributed by atoms with Crippen LogP contribution < -0.4 is 10.1 Å². The molecule has 106 valence electrons. The van der Waals surface area contributed by atoms with Crippen LogP contribution in [-0.2, 0) is 6.42 Å². The zero-order valence-electron chi connectivity index (χ0n) is 12.5. The van der Waals surface area contributed by atoms with Gasteiger partial charge in [-0.3, -0.25) is 0 Å². The molecule has 0 aromatic heterocycles. The molecule has 1 aromatic carbocycles. The van der Waals surface area contributed by atoms with Gasteiger partial charge in [0.25, 0.3) is 0 Å². The van der Waals surface area contributed by atoms with Crippen LogP contribution in [0.1, 0.15) is 39.2 Å². The summed E-state index contributed by atoms with van der Waals surface area (Å²) in [6, 6.07) is 8.98. The van der Waals surface area contributed by atoms with Gasteiger partial charge in [-0.05, 0) is 62.9 Å². The predicted octanol–water partition coefficient (Wildman–Crippen LogP) is 3.96. The lowest BCUT2D eigenvalue weighted by atomic mass is 10.1. The fraction of sp³-hybridized carbons (Fsp3) is 0.529. The van der Waals surface area contributed by atoms with E-state index in [-0.39, 0.29) is 0 Å². The summed E-state index contributed by atoms with van der Waals surface area (Å²) in [5, 5.41) is 3.51. The summed E-state index contributed by atoms with van der Waals surface area (Å²) >= 11 is 0. The molecule has 0 saturated carbocycles. The molecule has 0 radical (unpaired) electrons. The van der Waals surface area contributed by atoms with Gasteiger partial charge in [-0.2, -0.15) is 0 Å². The Labute approximate surface area is 117 Å². The topological polar surface area (TPSA) is 21.3 Å². The van der Waals surface area contributed by atoms with Crippen LogP contribution in [0.2, 0.25) is 0 Å². The average molecular weight is 261 g/mol. The normalized spacial score (nSPS) is 12.2. The molecule has 0 spiro atoms. The van der Waals surface area contributed by atoms with Crippen LogP contribution in [0.15, 0.2) is 36.4 Å². The van der Waals surface area contributed by atoms with Crippen molar-refractivity contribution in [1.82, 2.24) is 5.32 Å². The van der Waals surface area contributed by atoms with Gasteiger partial charge < -0.3 is 10.1 Å². The minimum absolute atomic E-state index is 0.583. The number of hydrogen-bond donors (Lipinski definition) is 1. The number of hydrogen-bond acceptors (Lipinski definition) is 2. The smallest absolute Gasteiger partial charge is 0.119 e. The zero-order chi connectivity index (χ0) is 14.1. The lowest BCUT2D eigenvalue weighted by Gasteiger charge is -2.13. The Morgan fingerprint density at radius 1 is 1.32 bits per heavy atom. The second-order valence-electron chi connectivity index (χ2n) is 5.28. The summed E-state index contributed by atoms with van der Waals surface area (Å²) in [6.45, 7) is 11.9. The number of rotatable bonds is 9. The Morgan fingerprint density at radius 3 is 2.58 bits per heavy atom. The first-order valence-electron chi connectivity index (χ1n) is 7.21. The SMILES string of the molecule is C=C(C)COc1ccc(CCC(C)NCCC)cc1. The van der Waals surface area contributed by atoms with Crippen molar-refractivity contribution in [3.05, 3.63) is 42.0 Å². The molecule has 19 heavy (non-hydrogen) atoms. The van der Waals surface area contributed by atoms with Gasteiger partial charge in [0.2, 0.25) is 0 Å². The van der Waals surface area contributed by atoms with E-state index in [4.69, 9.17) is 4.74 Å². The molecule has 0 saturated heterocycles. The zero-order valence-corrected chi connectivity index (χ0v) is 12.5. The van der Waals surface area contributed by atoms with E-state index in [1.807, 2.05) is 19.1 Å². The van der Waals surface area contributed by atoms with E-state index in [0.717, 1.165) is 24.3 Å². The maximum absolute atomic E-state index is 5.59. The fourth-order valence-corrected chi connectivity index (χ4v) is 1.83. The molecular formula is C17H27NO. The van der Waals surface area contributed by atoms with Crippen molar-refractivity contribution in [3.8, 4) is 5.75 Å². The van der Waals surface area contributed by atoms with Crippen LogP contribution in [0.3, 0.4) is 0 Å². The molecule has 0 amide bonds. The molecule has 0 aliphatic carbocycles. The average Bonchev–Trinajstić information content (AvgIpc) is 2.41. The van der Waals surface area contributed by atoms with Crippen LogP contribution in [0, 0.1) is 0 Å². The molecule has 1 atom stereocenters. The molecule has 0 bridgehead atoms. The van der Waals surface area contributed by atoms with Gasteiger partial charge in [0, 0.05) is 6.04 Å². The molecule has 0 heterocycles. The summed E-state index contributed by atoms with van der Waals surface area (Å²) in [7, 11) is 0. The Hall–Kier alpha value is -1.28. The predicted molar refractivity (Wildman–Crippen MR) is 82.8 cm³/mol. The quantitative estimate of drug-likeness (QED) is 0.679. The molecule has 0 aliphatic rings. The van der Waals surface area contributed by atoms with Gasteiger partial charge in [0.1, 0.15) is 12.4 Å². The Kier molecular flexibility index (Phi) is 7.27. The summed E-state index contributed by atoms with van der Waals surface area (Å²) < 4.78 is 5.59. The van der Waals surface area contributed by atoms with Crippen LogP contribution in [0.4, 0.5) is 0 Å². The Morgan fingerprint density at radius 2 is 2.00 bits per heavy atom. The first-order chi connectivity index (χ1) is 9.11. The van der Waals surface area contributed by atoms with Gasteiger partial charge in [-0.25, -0.2) is 0 Å². The van der Waals surface area contributed by atoms with E-state index in [1.165, 1.54) is 18.4 Å².